The van der Waals surface area contributed by atoms with E-state index >= 15 is 0 Å². The zero-order valence-corrected chi connectivity index (χ0v) is 12.4. The molecule has 4 heteroatoms. The van der Waals surface area contributed by atoms with Crippen LogP contribution in [0, 0.1) is 0 Å². The Morgan fingerprint density at radius 3 is 2.60 bits per heavy atom. The third-order valence-corrected chi connectivity index (χ3v) is 4.00. The second-order valence-corrected chi connectivity index (χ2v) is 5.38. The highest BCUT2D eigenvalue weighted by molar-refractivity contribution is 5.42. The molecule has 0 heterocycles. The molecule has 0 bridgehead atoms. The van der Waals surface area contributed by atoms with Crippen molar-refractivity contribution >= 4 is 0 Å². The third-order valence-electron chi connectivity index (χ3n) is 4.00. The Morgan fingerprint density at radius 2 is 1.85 bits per heavy atom. The van der Waals surface area contributed by atoms with Gasteiger partial charge in [-0.05, 0) is 30.5 Å². The second kappa shape index (κ2) is 7.50. The van der Waals surface area contributed by atoms with E-state index in [-0.39, 0.29) is 12.1 Å². The van der Waals surface area contributed by atoms with Gasteiger partial charge in [-0.25, -0.2) is 0 Å². The van der Waals surface area contributed by atoms with E-state index in [0.29, 0.717) is 0 Å². The van der Waals surface area contributed by atoms with Crippen LogP contribution in [0.5, 0.6) is 11.5 Å². The minimum atomic E-state index is -0.224. The Labute approximate surface area is 121 Å². The molecule has 0 radical (unpaired) electrons. The smallest absolute Gasteiger partial charge is 0.161 e. The summed E-state index contributed by atoms with van der Waals surface area (Å²) in [5, 5.41) is 13.6. The molecule has 2 N–H and O–H groups in total. The van der Waals surface area contributed by atoms with Gasteiger partial charge in [-0.1, -0.05) is 25.3 Å². The van der Waals surface area contributed by atoms with Gasteiger partial charge in [0.25, 0.3) is 0 Å². The molecule has 0 saturated heterocycles. The molecule has 0 amide bonds. The van der Waals surface area contributed by atoms with Gasteiger partial charge in [0.15, 0.2) is 11.5 Å². The molecular weight excluding hydrogens is 254 g/mol. The van der Waals surface area contributed by atoms with Crippen LogP contribution in [-0.4, -0.2) is 31.5 Å². The van der Waals surface area contributed by atoms with Gasteiger partial charge in [-0.15, -0.1) is 0 Å². The summed E-state index contributed by atoms with van der Waals surface area (Å²) in [7, 11) is 3.28. The van der Waals surface area contributed by atoms with Gasteiger partial charge < -0.3 is 19.9 Å². The molecule has 20 heavy (non-hydrogen) atoms. The van der Waals surface area contributed by atoms with Gasteiger partial charge >= 0.3 is 0 Å². The molecule has 1 fully saturated rings. The van der Waals surface area contributed by atoms with Crippen LogP contribution in [0.4, 0.5) is 0 Å². The molecular formula is C16H25NO3. The lowest BCUT2D eigenvalue weighted by Crippen LogP contribution is -2.38. The second-order valence-electron chi connectivity index (χ2n) is 5.38. The fraction of sp³-hybridized carbons (Fsp3) is 0.625. The minimum absolute atomic E-state index is 0.200. The zero-order valence-electron chi connectivity index (χ0n) is 12.4. The SMILES string of the molecule is COc1ccc(CNC2CCCCCC2O)cc1OC. The molecule has 0 aliphatic heterocycles. The highest BCUT2D eigenvalue weighted by atomic mass is 16.5. The van der Waals surface area contributed by atoms with Gasteiger partial charge in [0, 0.05) is 12.6 Å². The summed E-state index contributed by atoms with van der Waals surface area (Å²) in [5.41, 5.74) is 1.14. The first-order valence-corrected chi connectivity index (χ1v) is 7.37. The summed E-state index contributed by atoms with van der Waals surface area (Å²) < 4.78 is 10.5. The van der Waals surface area contributed by atoms with Crippen LogP contribution in [0.25, 0.3) is 0 Å². The van der Waals surface area contributed by atoms with Gasteiger partial charge in [0.05, 0.1) is 20.3 Å². The van der Waals surface area contributed by atoms with Crippen molar-refractivity contribution in [2.45, 2.75) is 50.8 Å². The minimum Gasteiger partial charge on any atom is -0.493 e. The molecule has 4 nitrogen and oxygen atoms in total. The van der Waals surface area contributed by atoms with E-state index in [4.69, 9.17) is 9.47 Å². The third kappa shape index (κ3) is 3.87. The van der Waals surface area contributed by atoms with Crippen molar-refractivity contribution in [1.82, 2.24) is 5.32 Å². The van der Waals surface area contributed by atoms with Crippen LogP contribution in [0.3, 0.4) is 0 Å². The number of benzene rings is 1. The summed E-state index contributed by atoms with van der Waals surface area (Å²) in [6.07, 6.45) is 5.29. The first kappa shape index (κ1) is 15.1. The lowest BCUT2D eigenvalue weighted by atomic mass is 10.1. The fourth-order valence-electron chi connectivity index (χ4n) is 2.77. The molecule has 2 unspecified atom stereocenters. The predicted octanol–water partition coefficient (Wildman–Crippen LogP) is 2.49. The summed E-state index contributed by atoms with van der Waals surface area (Å²) in [6, 6.07) is 6.12. The number of rotatable bonds is 5. The van der Waals surface area contributed by atoms with Gasteiger partial charge in [-0.2, -0.15) is 0 Å². The van der Waals surface area contributed by atoms with Crippen molar-refractivity contribution in [3.63, 3.8) is 0 Å². The van der Waals surface area contributed by atoms with Crippen LogP contribution < -0.4 is 14.8 Å². The molecule has 1 saturated carbocycles. The first-order chi connectivity index (χ1) is 9.74. The van der Waals surface area contributed by atoms with Crippen LogP contribution in [0.1, 0.15) is 37.7 Å². The van der Waals surface area contributed by atoms with E-state index in [2.05, 4.69) is 5.32 Å². The normalized spacial score (nSPS) is 23.1. The quantitative estimate of drug-likeness (QED) is 0.813. The van der Waals surface area contributed by atoms with Gasteiger partial charge in [0.1, 0.15) is 0 Å². The Bertz CT molecular complexity index is 422. The number of nitrogens with one attached hydrogen (secondary N) is 1. The van der Waals surface area contributed by atoms with Crippen LogP contribution in [0.15, 0.2) is 18.2 Å². The van der Waals surface area contributed by atoms with Crippen molar-refractivity contribution in [1.29, 1.82) is 0 Å². The van der Waals surface area contributed by atoms with Crippen LogP contribution in [-0.2, 0) is 6.54 Å². The molecule has 0 aromatic heterocycles. The van der Waals surface area contributed by atoms with E-state index in [9.17, 15) is 5.11 Å². The molecule has 1 aromatic carbocycles. The monoisotopic (exact) mass is 279 g/mol. The lowest BCUT2D eigenvalue weighted by molar-refractivity contribution is 0.119. The number of ether oxygens (including phenoxy) is 2. The highest BCUT2D eigenvalue weighted by Gasteiger charge is 2.20. The molecule has 1 aliphatic rings. The van der Waals surface area contributed by atoms with Crippen molar-refractivity contribution in [2.24, 2.45) is 0 Å². The average molecular weight is 279 g/mol. The summed E-state index contributed by atoms with van der Waals surface area (Å²) in [5.74, 6) is 1.49. The summed E-state index contributed by atoms with van der Waals surface area (Å²) in [4.78, 5) is 0. The zero-order chi connectivity index (χ0) is 14.4. The molecule has 0 spiro atoms. The highest BCUT2D eigenvalue weighted by Crippen LogP contribution is 2.27. The largest absolute Gasteiger partial charge is 0.493 e. The number of aliphatic hydroxyl groups excluding tert-OH is 1. The van der Waals surface area contributed by atoms with E-state index in [0.717, 1.165) is 42.9 Å². The maximum absolute atomic E-state index is 10.1. The van der Waals surface area contributed by atoms with Crippen molar-refractivity contribution in [3.05, 3.63) is 23.8 Å². The van der Waals surface area contributed by atoms with Crippen molar-refractivity contribution < 1.29 is 14.6 Å². The molecule has 2 rings (SSSR count). The maximum Gasteiger partial charge on any atom is 0.161 e. The molecule has 112 valence electrons. The Kier molecular flexibility index (Phi) is 5.68. The molecule has 1 aromatic rings. The number of hydrogen-bond donors (Lipinski definition) is 2. The maximum atomic E-state index is 10.1. The number of aliphatic hydroxyl groups is 1. The predicted molar refractivity (Wildman–Crippen MR) is 79.3 cm³/mol. The Morgan fingerprint density at radius 1 is 1.10 bits per heavy atom. The lowest BCUT2D eigenvalue weighted by Gasteiger charge is -2.22. The average Bonchev–Trinajstić information content (AvgIpc) is 2.69. The summed E-state index contributed by atoms with van der Waals surface area (Å²) >= 11 is 0. The first-order valence-electron chi connectivity index (χ1n) is 7.37. The molecule has 2 atom stereocenters. The van der Waals surface area contributed by atoms with E-state index in [1.165, 1.54) is 12.8 Å². The van der Waals surface area contributed by atoms with E-state index < -0.39 is 0 Å². The topological polar surface area (TPSA) is 50.7 Å². The molecule has 1 aliphatic carbocycles. The van der Waals surface area contributed by atoms with Crippen molar-refractivity contribution in [3.8, 4) is 11.5 Å². The van der Waals surface area contributed by atoms with Crippen LogP contribution in [0.2, 0.25) is 0 Å². The Balaban J connectivity index is 1.96. The van der Waals surface area contributed by atoms with E-state index in [1.54, 1.807) is 14.2 Å². The number of hydrogen-bond acceptors (Lipinski definition) is 4. The number of methoxy groups -OCH3 is 2. The fourth-order valence-corrected chi connectivity index (χ4v) is 2.77. The standard InChI is InChI=1S/C16H25NO3/c1-19-15-9-8-12(10-16(15)20-2)11-17-13-6-4-3-5-7-14(13)18/h8-10,13-14,17-18H,3-7,11H2,1-2H3. The Hall–Kier alpha value is -1.26. The van der Waals surface area contributed by atoms with Crippen molar-refractivity contribution in [2.75, 3.05) is 14.2 Å². The van der Waals surface area contributed by atoms with Gasteiger partial charge in [0.2, 0.25) is 0 Å². The van der Waals surface area contributed by atoms with Gasteiger partial charge in [-0.3, -0.25) is 0 Å². The summed E-state index contributed by atoms with van der Waals surface area (Å²) in [6.45, 7) is 0.738. The van der Waals surface area contributed by atoms with Crippen LogP contribution >= 0.6 is 0 Å². The van der Waals surface area contributed by atoms with E-state index in [1.807, 2.05) is 18.2 Å².